The molecular weight excluding hydrogens is 328 g/mol. The minimum Gasteiger partial charge on any atom is -0.468 e. The van der Waals surface area contributed by atoms with Crippen molar-refractivity contribution in [2.24, 2.45) is 5.92 Å². The number of carbonyl (C=O) groups excluding carboxylic acids is 1. The molecule has 1 aromatic carbocycles. The number of sulfonamides is 1. The fourth-order valence-corrected chi connectivity index (χ4v) is 4.72. The fraction of sp³-hybridized carbons (Fsp3) is 0.588. The standard InChI is InChI=1S/C17H24N2O4S/c1-12-11-18-10-7-15(12)19-24(21,22)14-5-3-13(4-6-14)17(8-9-17)16(20)23-2/h3-6,12,15,18-19H,7-11H2,1-2H3. The maximum atomic E-state index is 12.6. The van der Waals surface area contributed by atoms with E-state index < -0.39 is 15.4 Å². The van der Waals surface area contributed by atoms with Gasteiger partial charge in [0.15, 0.2) is 0 Å². The lowest BCUT2D eigenvalue weighted by Gasteiger charge is -2.30. The van der Waals surface area contributed by atoms with Crippen molar-refractivity contribution in [3.63, 3.8) is 0 Å². The molecule has 3 rings (SSSR count). The van der Waals surface area contributed by atoms with Crippen LogP contribution >= 0.6 is 0 Å². The van der Waals surface area contributed by atoms with E-state index in [1.165, 1.54) is 7.11 Å². The largest absolute Gasteiger partial charge is 0.468 e. The van der Waals surface area contributed by atoms with Gasteiger partial charge in [0.05, 0.1) is 17.4 Å². The molecule has 1 saturated carbocycles. The number of piperidine rings is 1. The zero-order valence-corrected chi connectivity index (χ0v) is 14.9. The first kappa shape index (κ1) is 17.4. The summed E-state index contributed by atoms with van der Waals surface area (Å²) in [6, 6.07) is 6.55. The van der Waals surface area contributed by atoms with Crippen molar-refractivity contribution in [1.29, 1.82) is 0 Å². The van der Waals surface area contributed by atoms with Crippen LogP contribution in [0, 0.1) is 5.92 Å². The van der Waals surface area contributed by atoms with E-state index in [0.717, 1.165) is 37.9 Å². The van der Waals surface area contributed by atoms with Crippen LogP contribution in [-0.4, -0.2) is 40.6 Å². The zero-order chi connectivity index (χ0) is 17.4. The molecule has 2 N–H and O–H groups in total. The topological polar surface area (TPSA) is 84.5 Å². The molecule has 1 aliphatic carbocycles. The highest BCUT2D eigenvalue weighted by atomic mass is 32.2. The summed E-state index contributed by atoms with van der Waals surface area (Å²) >= 11 is 0. The van der Waals surface area contributed by atoms with Crippen LogP contribution in [-0.2, 0) is 25.0 Å². The Morgan fingerprint density at radius 2 is 1.96 bits per heavy atom. The normalized spacial score (nSPS) is 25.9. The van der Waals surface area contributed by atoms with Gasteiger partial charge in [-0.15, -0.1) is 0 Å². The number of ether oxygens (including phenoxy) is 1. The molecule has 0 radical (unpaired) electrons. The highest BCUT2D eigenvalue weighted by molar-refractivity contribution is 7.89. The second-order valence-electron chi connectivity index (χ2n) is 6.80. The van der Waals surface area contributed by atoms with Crippen LogP contribution in [0.2, 0.25) is 0 Å². The first-order chi connectivity index (χ1) is 11.4. The number of hydrogen-bond donors (Lipinski definition) is 2. The Morgan fingerprint density at radius 3 is 2.50 bits per heavy atom. The zero-order valence-electron chi connectivity index (χ0n) is 14.0. The Labute approximate surface area is 143 Å². The van der Waals surface area contributed by atoms with Crippen LogP contribution in [0.15, 0.2) is 29.2 Å². The summed E-state index contributed by atoms with van der Waals surface area (Å²) in [6.07, 6.45) is 2.27. The van der Waals surface area contributed by atoms with Gasteiger partial charge in [-0.3, -0.25) is 4.79 Å². The van der Waals surface area contributed by atoms with Crippen molar-refractivity contribution in [1.82, 2.24) is 10.0 Å². The lowest BCUT2D eigenvalue weighted by atomic mass is 9.96. The molecule has 0 amide bonds. The van der Waals surface area contributed by atoms with Crippen molar-refractivity contribution < 1.29 is 17.9 Å². The van der Waals surface area contributed by atoms with Gasteiger partial charge in [-0.25, -0.2) is 13.1 Å². The third kappa shape index (κ3) is 3.20. The Balaban J connectivity index is 1.76. The van der Waals surface area contributed by atoms with Gasteiger partial charge in [-0.1, -0.05) is 19.1 Å². The molecule has 2 fully saturated rings. The quantitative estimate of drug-likeness (QED) is 0.777. The monoisotopic (exact) mass is 352 g/mol. The van der Waals surface area contributed by atoms with Crippen LogP contribution < -0.4 is 10.0 Å². The molecule has 2 aliphatic rings. The lowest BCUT2D eigenvalue weighted by Crippen LogP contribution is -2.48. The van der Waals surface area contributed by atoms with Crippen LogP contribution in [0.1, 0.15) is 31.7 Å². The second kappa shape index (κ2) is 6.46. The smallest absolute Gasteiger partial charge is 0.316 e. The summed E-state index contributed by atoms with van der Waals surface area (Å²) in [5.41, 5.74) is 0.247. The number of nitrogens with one attached hydrogen (secondary N) is 2. The van der Waals surface area contributed by atoms with Crippen LogP contribution in [0.5, 0.6) is 0 Å². The first-order valence-corrected chi connectivity index (χ1v) is 9.79. The van der Waals surface area contributed by atoms with Gasteiger partial charge >= 0.3 is 5.97 Å². The van der Waals surface area contributed by atoms with Crippen molar-refractivity contribution in [2.45, 2.75) is 42.5 Å². The number of benzene rings is 1. The first-order valence-electron chi connectivity index (χ1n) is 8.31. The Hall–Kier alpha value is -1.44. The molecule has 0 bridgehead atoms. The van der Waals surface area contributed by atoms with E-state index in [0.29, 0.717) is 0 Å². The molecule has 1 aliphatic heterocycles. The second-order valence-corrected chi connectivity index (χ2v) is 8.51. The molecule has 0 spiro atoms. The van der Waals surface area contributed by atoms with Gasteiger partial charge in [0, 0.05) is 6.04 Å². The molecule has 132 valence electrons. The number of methoxy groups -OCH3 is 1. The maximum Gasteiger partial charge on any atom is 0.316 e. The number of esters is 1. The van der Waals surface area contributed by atoms with Gasteiger partial charge in [-0.2, -0.15) is 0 Å². The molecule has 0 aromatic heterocycles. The predicted octanol–water partition coefficient (Wildman–Crippen LogP) is 1.17. The van der Waals surface area contributed by atoms with Gasteiger partial charge in [0.25, 0.3) is 0 Å². The molecule has 1 saturated heterocycles. The maximum absolute atomic E-state index is 12.6. The van der Waals surface area contributed by atoms with E-state index in [1.807, 2.05) is 6.92 Å². The van der Waals surface area contributed by atoms with Crippen LogP contribution in [0.3, 0.4) is 0 Å². The van der Waals surface area contributed by atoms with E-state index >= 15 is 0 Å². The van der Waals surface area contributed by atoms with Gasteiger partial charge in [-0.05, 0) is 56.0 Å². The molecule has 1 aromatic rings. The third-order valence-electron chi connectivity index (χ3n) is 5.14. The number of carbonyl (C=O) groups is 1. The van der Waals surface area contributed by atoms with Crippen molar-refractivity contribution in [3.8, 4) is 0 Å². The average Bonchev–Trinajstić information content (AvgIpc) is 3.38. The minimum absolute atomic E-state index is 0.0548. The van der Waals surface area contributed by atoms with Crippen molar-refractivity contribution in [2.75, 3.05) is 20.2 Å². The predicted molar refractivity (Wildman–Crippen MR) is 90.1 cm³/mol. The van der Waals surface area contributed by atoms with Crippen molar-refractivity contribution in [3.05, 3.63) is 29.8 Å². The molecule has 6 nitrogen and oxygen atoms in total. The van der Waals surface area contributed by atoms with E-state index in [2.05, 4.69) is 10.0 Å². The number of hydrogen-bond acceptors (Lipinski definition) is 5. The summed E-state index contributed by atoms with van der Waals surface area (Å²) in [4.78, 5) is 12.2. The van der Waals surface area contributed by atoms with Gasteiger partial charge in [0.2, 0.25) is 10.0 Å². The molecule has 7 heteroatoms. The molecule has 1 heterocycles. The summed E-state index contributed by atoms with van der Waals surface area (Å²) in [5, 5.41) is 3.26. The number of rotatable bonds is 5. The highest BCUT2D eigenvalue weighted by Gasteiger charge is 2.52. The van der Waals surface area contributed by atoms with Crippen LogP contribution in [0.25, 0.3) is 0 Å². The van der Waals surface area contributed by atoms with E-state index in [4.69, 9.17) is 4.74 Å². The summed E-state index contributed by atoms with van der Waals surface area (Å²) < 4.78 is 32.9. The molecular formula is C17H24N2O4S. The SMILES string of the molecule is COC(=O)C1(c2ccc(S(=O)(=O)NC3CCNCC3C)cc2)CC1. The van der Waals surface area contributed by atoms with Crippen LogP contribution in [0.4, 0.5) is 0 Å². The van der Waals surface area contributed by atoms with E-state index in [-0.39, 0.29) is 22.8 Å². The average molecular weight is 352 g/mol. The Kier molecular flexibility index (Phi) is 4.68. The molecule has 2 atom stereocenters. The third-order valence-corrected chi connectivity index (χ3v) is 6.64. The fourth-order valence-electron chi connectivity index (χ4n) is 3.34. The Bertz CT molecular complexity index is 711. The minimum atomic E-state index is -3.55. The van der Waals surface area contributed by atoms with Gasteiger partial charge < -0.3 is 10.1 Å². The molecule has 24 heavy (non-hydrogen) atoms. The summed E-state index contributed by atoms with van der Waals surface area (Å²) in [5.74, 6) is 0.00150. The molecule has 2 unspecified atom stereocenters. The van der Waals surface area contributed by atoms with Gasteiger partial charge in [0.1, 0.15) is 0 Å². The van der Waals surface area contributed by atoms with E-state index in [9.17, 15) is 13.2 Å². The highest BCUT2D eigenvalue weighted by Crippen LogP contribution is 2.49. The lowest BCUT2D eigenvalue weighted by molar-refractivity contribution is -0.143. The van der Waals surface area contributed by atoms with Crippen molar-refractivity contribution >= 4 is 16.0 Å². The summed E-state index contributed by atoms with van der Waals surface area (Å²) in [6.45, 7) is 3.67. The van der Waals surface area contributed by atoms with E-state index in [1.54, 1.807) is 24.3 Å². The summed E-state index contributed by atoms with van der Waals surface area (Å²) in [7, 11) is -2.17. The Morgan fingerprint density at radius 1 is 1.29 bits per heavy atom.